The molecule has 0 bridgehead atoms. The number of hydrogen-bond donors (Lipinski definition) is 1. The van der Waals surface area contributed by atoms with Gasteiger partial charge in [0.15, 0.2) is 0 Å². The Kier molecular flexibility index (Phi) is 2.44. The molecule has 1 amide bonds. The van der Waals surface area contributed by atoms with Gasteiger partial charge < -0.3 is 10.6 Å². The lowest BCUT2D eigenvalue weighted by Gasteiger charge is -2.13. The van der Waals surface area contributed by atoms with E-state index in [1.807, 2.05) is 18.2 Å². The van der Waals surface area contributed by atoms with Crippen molar-refractivity contribution in [3.8, 4) is 0 Å². The molecule has 2 N–H and O–H groups in total. The predicted octanol–water partition coefficient (Wildman–Crippen LogP) is 1.14. The Morgan fingerprint density at radius 1 is 1.43 bits per heavy atom. The van der Waals surface area contributed by atoms with Crippen LogP contribution in [0.5, 0.6) is 0 Å². The first-order valence-corrected chi connectivity index (χ1v) is 4.83. The zero-order valence-corrected chi connectivity index (χ0v) is 8.42. The Morgan fingerprint density at radius 3 is 2.86 bits per heavy atom. The molecule has 14 heavy (non-hydrogen) atoms. The molecule has 0 saturated carbocycles. The summed E-state index contributed by atoms with van der Waals surface area (Å²) in [5.74, 6) is -0.0164. The van der Waals surface area contributed by atoms with E-state index in [4.69, 9.17) is 17.3 Å². The van der Waals surface area contributed by atoms with E-state index in [1.165, 1.54) is 0 Å². The van der Waals surface area contributed by atoms with E-state index < -0.39 is 0 Å². The standard InChI is InChI=1S/C10H11ClN2O/c11-9-2-1-7-5-13(10(14)4-12)6-8(7)3-9/h1-3H,4-6,12H2. The highest BCUT2D eigenvalue weighted by molar-refractivity contribution is 6.30. The molecule has 0 atom stereocenters. The molecule has 0 unspecified atom stereocenters. The SMILES string of the molecule is NCC(=O)N1Cc2ccc(Cl)cc2C1. The number of halogens is 1. The monoisotopic (exact) mass is 210 g/mol. The molecule has 1 heterocycles. The van der Waals surface area contributed by atoms with Gasteiger partial charge in [-0.1, -0.05) is 17.7 Å². The Balaban J connectivity index is 2.22. The van der Waals surface area contributed by atoms with Crippen LogP contribution in [0.1, 0.15) is 11.1 Å². The van der Waals surface area contributed by atoms with Crippen LogP contribution in [-0.4, -0.2) is 17.4 Å². The molecule has 0 fully saturated rings. The number of nitrogens with two attached hydrogens (primary N) is 1. The number of hydrogen-bond acceptors (Lipinski definition) is 2. The van der Waals surface area contributed by atoms with Crippen molar-refractivity contribution in [1.82, 2.24) is 4.90 Å². The van der Waals surface area contributed by atoms with E-state index in [9.17, 15) is 4.79 Å². The van der Waals surface area contributed by atoms with Gasteiger partial charge >= 0.3 is 0 Å². The third-order valence-electron chi connectivity index (χ3n) is 2.42. The molecule has 74 valence electrons. The molecular weight excluding hydrogens is 200 g/mol. The van der Waals surface area contributed by atoms with Gasteiger partial charge in [0.25, 0.3) is 0 Å². The zero-order valence-electron chi connectivity index (χ0n) is 7.66. The van der Waals surface area contributed by atoms with Crippen LogP contribution in [0, 0.1) is 0 Å². The molecule has 0 aliphatic carbocycles. The van der Waals surface area contributed by atoms with E-state index in [0.29, 0.717) is 18.1 Å². The molecule has 0 saturated heterocycles. The summed E-state index contributed by atoms with van der Waals surface area (Å²) >= 11 is 5.86. The summed E-state index contributed by atoms with van der Waals surface area (Å²) in [7, 11) is 0. The second kappa shape index (κ2) is 3.59. The molecule has 4 heteroatoms. The summed E-state index contributed by atoms with van der Waals surface area (Å²) in [5, 5.41) is 0.714. The van der Waals surface area contributed by atoms with Crippen molar-refractivity contribution >= 4 is 17.5 Å². The lowest BCUT2D eigenvalue weighted by atomic mass is 10.1. The summed E-state index contributed by atoms with van der Waals surface area (Å²) in [4.78, 5) is 13.1. The number of amides is 1. The number of nitrogens with zero attached hydrogens (tertiary/aromatic N) is 1. The summed E-state index contributed by atoms with van der Waals surface area (Å²) in [6, 6.07) is 5.71. The molecule has 3 nitrogen and oxygen atoms in total. The van der Waals surface area contributed by atoms with Gasteiger partial charge in [-0.3, -0.25) is 4.79 Å². The van der Waals surface area contributed by atoms with Gasteiger partial charge in [-0.2, -0.15) is 0 Å². The van der Waals surface area contributed by atoms with Crippen molar-refractivity contribution in [2.24, 2.45) is 5.73 Å². The Labute approximate surface area is 87.4 Å². The van der Waals surface area contributed by atoms with Crippen molar-refractivity contribution in [2.75, 3.05) is 6.54 Å². The minimum Gasteiger partial charge on any atom is -0.333 e. The van der Waals surface area contributed by atoms with Crippen LogP contribution in [0.3, 0.4) is 0 Å². The molecule has 1 aromatic rings. The Morgan fingerprint density at radius 2 is 2.14 bits per heavy atom. The maximum Gasteiger partial charge on any atom is 0.236 e. The Bertz CT molecular complexity index is 378. The number of carbonyl (C=O) groups is 1. The fourth-order valence-electron chi connectivity index (χ4n) is 1.67. The van der Waals surface area contributed by atoms with Gasteiger partial charge in [0, 0.05) is 18.1 Å². The van der Waals surface area contributed by atoms with E-state index in [1.54, 1.807) is 4.90 Å². The van der Waals surface area contributed by atoms with E-state index in [-0.39, 0.29) is 12.5 Å². The highest BCUT2D eigenvalue weighted by Crippen LogP contribution is 2.25. The van der Waals surface area contributed by atoms with Crippen molar-refractivity contribution < 1.29 is 4.79 Å². The van der Waals surface area contributed by atoms with Crippen LogP contribution in [0.15, 0.2) is 18.2 Å². The van der Waals surface area contributed by atoms with Gasteiger partial charge in [0.1, 0.15) is 0 Å². The predicted molar refractivity (Wildman–Crippen MR) is 54.8 cm³/mol. The van der Waals surface area contributed by atoms with Crippen LogP contribution < -0.4 is 5.73 Å². The van der Waals surface area contributed by atoms with Crippen LogP contribution in [-0.2, 0) is 17.9 Å². The van der Waals surface area contributed by atoms with Crippen molar-refractivity contribution in [3.63, 3.8) is 0 Å². The second-order valence-corrected chi connectivity index (χ2v) is 3.80. The third-order valence-corrected chi connectivity index (χ3v) is 2.65. The summed E-state index contributed by atoms with van der Waals surface area (Å²) in [5.41, 5.74) is 7.59. The van der Waals surface area contributed by atoms with Gasteiger partial charge in [-0.25, -0.2) is 0 Å². The highest BCUT2D eigenvalue weighted by Gasteiger charge is 2.21. The molecule has 0 radical (unpaired) electrons. The van der Waals surface area contributed by atoms with Gasteiger partial charge in [0.2, 0.25) is 5.91 Å². The average molecular weight is 211 g/mol. The molecule has 1 aromatic carbocycles. The zero-order chi connectivity index (χ0) is 10.1. The quantitative estimate of drug-likeness (QED) is 0.756. The fourth-order valence-corrected chi connectivity index (χ4v) is 1.86. The highest BCUT2D eigenvalue weighted by atomic mass is 35.5. The summed E-state index contributed by atoms with van der Waals surface area (Å²) < 4.78 is 0. The topological polar surface area (TPSA) is 46.3 Å². The first-order chi connectivity index (χ1) is 6.70. The normalized spacial score (nSPS) is 14.3. The number of rotatable bonds is 1. The van der Waals surface area contributed by atoms with Crippen LogP contribution in [0.2, 0.25) is 5.02 Å². The van der Waals surface area contributed by atoms with E-state index in [0.717, 1.165) is 11.1 Å². The minimum atomic E-state index is -0.0164. The summed E-state index contributed by atoms with van der Waals surface area (Å²) in [6.07, 6.45) is 0. The van der Waals surface area contributed by atoms with Gasteiger partial charge in [0.05, 0.1) is 6.54 Å². The number of carbonyl (C=O) groups excluding carboxylic acids is 1. The van der Waals surface area contributed by atoms with Crippen molar-refractivity contribution in [3.05, 3.63) is 34.3 Å². The molecule has 0 spiro atoms. The van der Waals surface area contributed by atoms with E-state index in [2.05, 4.69) is 0 Å². The van der Waals surface area contributed by atoms with Crippen molar-refractivity contribution in [1.29, 1.82) is 0 Å². The Hall–Kier alpha value is -1.06. The maximum atomic E-state index is 11.3. The lowest BCUT2D eigenvalue weighted by molar-refractivity contribution is -0.130. The molecule has 0 aromatic heterocycles. The maximum absolute atomic E-state index is 11.3. The second-order valence-electron chi connectivity index (χ2n) is 3.37. The van der Waals surface area contributed by atoms with Gasteiger partial charge in [-0.15, -0.1) is 0 Å². The number of fused-ring (bicyclic) bond motifs is 1. The lowest BCUT2D eigenvalue weighted by Crippen LogP contribution is -2.31. The van der Waals surface area contributed by atoms with E-state index >= 15 is 0 Å². The van der Waals surface area contributed by atoms with Gasteiger partial charge in [-0.05, 0) is 23.3 Å². The summed E-state index contributed by atoms with van der Waals surface area (Å²) in [6.45, 7) is 1.36. The molecular formula is C10H11ClN2O. The number of benzene rings is 1. The molecule has 1 aliphatic heterocycles. The smallest absolute Gasteiger partial charge is 0.236 e. The average Bonchev–Trinajstić information content (AvgIpc) is 2.59. The van der Waals surface area contributed by atoms with Crippen LogP contribution in [0.25, 0.3) is 0 Å². The third kappa shape index (κ3) is 1.61. The first kappa shape index (κ1) is 9.49. The molecule has 1 aliphatic rings. The largest absolute Gasteiger partial charge is 0.333 e. The minimum absolute atomic E-state index is 0.0164. The van der Waals surface area contributed by atoms with Crippen LogP contribution >= 0.6 is 11.6 Å². The van der Waals surface area contributed by atoms with Crippen LogP contribution in [0.4, 0.5) is 0 Å². The van der Waals surface area contributed by atoms with Crippen molar-refractivity contribution in [2.45, 2.75) is 13.1 Å². The molecule has 2 rings (SSSR count). The first-order valence-electron chi connectivity index (χ1n) is 4.46. The fraction of sp³-hybridized carbons (Fsp3) is 0.300.